The molecule has 0 fully saturated rings. The second-order valence-corrected chi connectivity index (χ2v) is 5.49. The monoisotopic (exact) mass is 346 g/mol. The van der Waals surface area contributed by atoms with Gasteiger partial charge < -0.3 is 16.8 Å². The maximum atomic E-state index is 14.0. The molecular formula is C16H16F2N6O. The summed E-state index contributed by atoms with van der Waals surface area (Å²) in [6.07, 6.45) is 1.58. The van der Waals surface area contributed by atoms with E-state index >= 15 is 0 Å². The lowest BCUT2D eigenvalue weighted by Gasteiger charge is -2.24. The quantitative estimate of drug-likeness (QED) is 0.784. The molecule has 2 aromatic rings. The zero-order valence-electron chi connectivity index (χ0n) is 13.4. The van der Waals surface area contributed by atoms with E-state index in [1.807, 2.05) is 6.92 Å². The molecule has 25 heavy (non-hydrogen) atoms. The van der Waals surface area contributed by atoms with Gasteiger partial charge in [0.2, 0.25) is 0 Å². The van der Waals surface area contributed by atoms with Crippen LogP contribution in [0.5, 0.6) is 0 Å². The van der Waals surface area contributed by atoms with Crippen molar-refractivity contribution in [2.75, 3.05) is 17.6 Å². The minimum Gasteiger partial charge on any atom is -0.381 e. The minimum absolute atomic E-state index is 0.0504. The van der Waals surface area contributed by atoms with E-state index < -0.39 is 23.4 Å². The lowest BCUT2D eigenvalue weighted by Crippen LogP contribution is -2.22. The summed E-state index contributed by atoms with van der Waals surface area (Å²) in [5, 5.41) is 8.85. The van der Waals surface area contributed by atoms with Gasteiger partial charge in [-0.3, -0.25) is 9.80 Å². The third-order valence-corrected chi connectivity index (χ3v) is 3.82. The van der Waals surface area contributed by atoms with Gasteiger partial charge in [0.15, 0.2) is 11.6 Å². The molecule has 2 heterocycles. The molecule has 1 aliphatic rings. The molecule has 130 valence electrons. The minimum atomic E-state index is -0.884. The fourth-order valence-corrected chi connectivity index (χ4v) is 2.55. The number of halogens is 2. The number of carbonyl (C=O) groups excluding carboxylic acids is 1. The Morgan fingerprint density at radius 2 is 2.12 bits per heavy atom. The number of aromatic nitrogens is 1. The SMILES string of the molecule is CCN1Cc2cc(F)cc(Nc3nc(N)c(F)cc3C(N)=O)c2C=N1. The first-order valence-corrected chi connectivity index (χ1v) is 7.53. The van der Waals surface area contributed by atoms with Gasteiger partial charge in [0.25, 0.3) is 5.91 Å². The van der Waals surface area contributed by atoms with Crippen molar-refractivity contribution in [2.24, 2.45) is 10.8 Å². The number of nitrogen functional groups attached to an aromatic ring is 1. The Bertz CT molecular complexity index is 883. The number of hydrogen-bond donors (Lipinski definition) is 3. The molecule has 0 saturated heterocycles. The highest BCUT2D eigenvalue weighted by Crippen LogP contribution is 2.29. The number of hydrazone groups is 1. The number of nitrogens with two attached hydrogens (primary N) is 2. The third-order valence-electron chi connectivity index (χ3n) is 3.82. The molecule has 0 bridgehead atoms. The second-order valence-electron chi connectivity index (χ2n) is 5.49. The molecule has 1 amide bonds. The maximum absolute atomic E-state index is 14.0. The zero-order valence-corrected chi connectivity index (χ0v) is 13.4. The summed E-state index contributed by atoms with van der Waals surface area (Å²) in [5.41, 5.74) is 12.2. The summed E-state index contributed by atoms with van der Waals surface area (Å²) < 4.78 is 27.6. The molecule has 0 saturated carbocycles. The van der Waals surface area contributed by atoms with Crippen LogP contribution in [0.1, 0.15) is 28.4 Å². The number of amides is 1. The van der Waals surface area contributed by atoms with Gasteiger partial charge in [0.05, 0.1) is 24.0 Å². The van der Waals surface area contributed by atoms with Crippen molar-refractivity contribution in [3.63, 3.8) is 0 Å². The van der Waals surface area contributed by atoms with Gasteiger partial charge in [-0.25, -0.2) is 13.8 Å². The molecule has 1 aromatic heterocycles. The van der Waals surface area contributed by atoms with Crippen LogP contribution in [0.15, 0.2) is 23.3 Å². The molecule has 0 aliphatic carbocycles. The first kappa shape index (κ1) is 16.6. The van der Waals surface area contributed by atoms with Crippen LogP contribution in [0.25, 0.3) is 0 Å². The highest BCUT2D eigenvalue weighted by Gasteiger charge is 2.19. The van der Waals surface area contributed by atoms with E-state index in [1.165, 1.54) is 12.1 Å². The van der Waals surface area contributed by atoms with Gasteiger partial charge in [-0.05, 0) is 30.7 Å². The summed E-state index contributed by atoms with van der Waals surface area (Å²) in [6.45, 7) is 3.05. The number of primary amides is 1. The van der Waals surface area contributed by atoms with Crippen molar-refractivity contribution < 1.29 is 13.6 Å². The van der Waals surface area contributed by atoms with E-state index in [4.69, 9.17) is 11.5 Å². The first-order valence-electron chi connectivity index (χ1n) is 7.53. The van der Waals surface area contributed by atoms with Gasteiger partial charge in [0, 0.05) is 12.1 Å². The maximum Gasteiger partial charge on any atom is 0.252 e. The Kier molecular flexibility index (Phi) is 4.22. The number of anilines is 3. The molecule has 7 nitrogen and oxygen atoms in total. The summed E-state index contributed by atoms with van der Waals surface area (Å²) in [7, 11) is 0. The summed E-state index contributed by atoms with van der Waals surface area (Å²) in [4.78, 5) is 15.4. The molecular weight excluding hydrogens is 330 g/mol. The zero-order chi connectivity index (χ0) is 18.1. The van der Waals surface area contributed by atoms with Crippen LogP contribution in [0.2, 0.25) is 0 Å². The smallest absolute Gasteiger partial charge is 0.252 e. The largest absolute Gasteiger partial charge is 0.381 e. The average molecular weight is 346 g/mol. The van der Waals surface area contributed by atoms with Crippen LogP contribution in [0.4, 0.5) is 26.1 Å². The first-order chi connectivity index (χ1) is 11.9. The number of fused-ring (bicyclic) bond motifs is 1. The van der Waals surface area contributed by atoms with E-state index in [0.717, 1.165) is 11.6 Å². The predicted octanol–water partition coefficient (Wildman–Crippen LogP) is 1.95. The summed E-state index contributed by atoms with van der Waals surface area (Å²) in [6, 6.07) is 3.54. The van der Waals surface area contributed by atoms with Gasteiger partial charge in [-0.1, -0.05) is 0 Å². The number of benzene rings is 1. The van der Waals surface area contributed by atoms with Crippen molar-refractivity contribution >= 4 is 29.4 Å². The van der Waals surface area contributed by atoms with E-state index in [-0.39, 0.29) is 11.4 Å². The topological polar surface area (TPSA) is 110 Å². The molecule has 0 spiro atoms. The molecule has 3 rings (SSSR count). The number of hydrogen-bond acceptors (Lipinski definition) is 6. The van der Waals surface area contributed by atoms with E-state index in [9.17, 15) is 13.6 Å². The normalized spacial score (nSPS) is 12.8. The van der Waals surface area contributed by atoms with Crippen LogP contribution in [0.3, 0.4) is 0 Å². The molecule has 1 aromatic carbocycles. The Balaban J connectivity index is 2.07. The van der Waals surface area contributed by atoms with Crippen molar-refractivity contribution in [2.45, 2.75) is 13.5 Å². The van der Waals surface area contributed by atoms with Crippen molar-refractivity contribution in [1.29, 1.82) is 0 Å². The molecule has 0 radical (unpaired) electrons. The highest BCUT2D eigenvalue weighted by molar-refractivity contribution is 5.99. The standard InChI is InChI=1S/C16H16F2N6O/c1-2-24-7-8-3-9(17)4-13(11(8)6-21-24)22-16-10(15(20)25)5-12(18)14(19)23-16/h3-6H,2,7H2,1H3,(H2,20,25)(H3,19,22,23). The summed E-state index contributed by atoms with van der Waals surface area (Å²) in [5.74, 6) is -2.66. The second kappa shape index (κ2) is 6.34. The van der Waals surface area contributed by atoms with Gasteiger partial charge in [-0.15, -0.1) is 0 Å². The van der Waals surface area contributed by atoms with Crippen LogP contribution in [-0.4, -0.2) is 28.7 Å². The fraction of sp³-hybridized carbons (Fsp3) is 0.188. The van der Waals surface area contributed by atoms with E-state index in [2.05, 4.69) is 15.4 Å². The Morgan fingerprint density at radius 1 is 1.36 bits per heavy atom. The van der Waals surface area contributed by atoms with Crippen molar-refractivity contribution in [3.05, 3.63) is 46.5 Å². The van der Waals surface area contributed by atoms with Gasteiger partial charge >= 0.3 is 0 Å². The molecule has 1 aliphatic heterocycles. The van der Waals surface area contributed by atoms with Crippen LogP contribution in [0, 0.1) is 11.6 Å². The lowest BCUT2D eigenvalue weighted by atomic mass is 10.0. The highest BCUT2D eigenvalue weighted by atomic mass is 19.1. The molecule has 0 atom stereocenters. The van der Waals surface area contributed by atoms with Crippen molar-refractivity contribution in [1.82, 2.24) is 9.99 Å². The van der Waals surface area contributed by atoms with Crippen molar-refractivity contribution in [3.8, 4) is 0 Å². The number of nitrogens with zero attached hydrogens (tertiary/aromatic N) is 3. The average Bonchev–Trinajstić information content (AvgIpc) is 2.56. The third kappa shape index (κ3) is 3.21. The lowest BCUT2D eigenvalue weighted by molar-refractivity contribution is 0.100. The number of rotatable bonds is 4. The molecule has 5 N–H and O–H groups in total. The molecule has 0 unspecified atom stereocenters. The summed E-state index contributed by atoms with van der Waals surface area (Å²) >= 11 is 0. The van der Waals surface area contributed by atoms with E-state index in [1.54, 1.807) is 11.2 Å². The van der Waals surface area contributed by atoms with E-state index in [0.29, 0.717) is 24.3 Å². The Morgan fingerprint density at radius 3 is 2.80 bits per heavy atom. The Hall–Kier alpha value is -3.23. The molecule has 9 heteroatoms. The van der Waals surface area contributed by atoms with Crippen LogP contribution in [-0.2, 0) is 6.54 Å². The van der Waals surface area contributed by atoms with Crippen LogP contribution < -0.4 is 16.8 Å². The fourth-order valence-electron chi connectivity index (χ4n) is 2.55. The number of pyridine rings is 1. The van der Waals surface area contributed by atoms with Gasteiger partial charge in [-0.2, -0.15) is 5.10 Å². The van der Waals surface area contributed by atoms with Crippen LogP contribution >= 0.6 is 0 Å². The number of carbonyl (C=O) groups is 1. The van der Waals surface area contributed by atoms with Gasteiger partial charge in [0.1, 0.15) is 11.6 Å². The Labute approximate surface area is 142 Å². The predicted molar refractivity (Wildman–Crippen MR) is 90.5 cm³/mol. The number of nitrogens with one attached hydrogen (secondary N) is 1.